The van der Waals surface area contributed by atoms with Crippen molar-refractivity contribution in [2.45, 2.75) is 70.1 Å². The van der Waals surface area contributed by atoms with Gasteiger partial charge in [0.1, 0.15) is 11.6 Å². The van der Waals surface area contributed by atoms with Gasteiger partial charge in [-0.15, -0.1) is 6.58 Å². The van der Waals surface area contributed by atoms with Crippen molar-refractivity contribution in [1.29, 1.82) is 0 Å². The minimum atomic E-state index is -0.430. The molecule has 0 spiro atoms. The molecular formula is C24H32F2. The maximum absolute atomic E-state index is 13.6. The summed E-state index contributed by atoms with van der Waals surface area (Å²) in [5.74, 6) is 3.71. The Kier molecular flexibility index (Phi) is 5.47. The molecule has 0 aliphatic heterocycles. The van der Waals surface area contributed by atoms with Crippen LogP contribution in [0.15, 0.2) is 30.9 Å². The molecule has 4 rings (SSSR count). The van der Waals surface area contributed by atoms with Crippen LogP contribution in [0.1, 0.15) is 75.7 Å². The van der Waals surface area contributed by atoms with Crippen LogP contribution in [0.2, 0.25) is 0 Å². The maximum Gasteiger partial charge on any atom is 0.126 e. The van der Waals surface area contributed by atoms with Crippen LogP contribution in [0, 0.1) is 41.2 Å². The number of benzene rings is 1. The highest BCUT2D eigenvalue weighted by molar-refractivity contribution is 5.22. The molecule has 3 aliphatic rings. The Hall–Kier alpha value is -1.18. The molecule has 0 aromatic heterocycles. The Morgan fingerprint density at radius 3 is 1.88 bits per heavy atom. The highest BCUT2D eigenvalue weighted by atomic mass is 19.1. The van der Waals surface area contributed by atoms with Gasteiger partial charge in [-0.2, -0.15) is 0 Å². The zero-order valence-corrected chi connectivity index (χ0v) is 15.8. The summed E-state index contributed by atoms with van der Waals surface area (Å²) in [4.78, 5) is 0. The van der Waals surface area contributed by atoms with Gasteiger partial charge in [0, 0.05) is 6.07 Å². The van der Waals surface area contributed by atoms with Crippen LogP contribution >= 0.6 is 0 Å². The molecule has 26 heavy (non-hydrogen) atoms. The van der Waals surface area contributed by atoms with Gasteiger partial charge in [0.05, 0.1) is 0 Å². The van der Waals surface area contributed by atoms with Gasteiger partial charge in [0.15, 0.2) is 0 Å². The zero-order chi connectivity index (χ0) is 18.1. The standard InChI is InChI=1S/C24H32F2/c1-2-16-3-5-17(6-4-16)18-7-8-20-12-21(10-9-19(20)11-18)22-13-23(25)15-24(26)14-22/h2,13-21H,1,3-12H2/t16?,17?,18-,19-,20-,21?/m1/s1. The molecule has 0 nitrogen and oxygen atoms in total. The second-order valence-electron chi connectivity index (χ2n) is 9.22. The summed E-state index contributed by atoms with van der Waals surface area (Å²) in [6.07, 6.45) is 15.2. The van der Waals surface area contributed by atoms with Crippen molar-refractivity contribution in [1.82, 2.24) is 0 Å². The molecule has 3 fully saturated rings. The molecule has 0 saturated heterocycles. The molecule has 4 atom stereocenters. The van der Waals surface area contributed by atoms with E-state index in [0.717, 1.165) is 54.1 Å². The average Bonchev–Trinajstić information content (AvgIpc) is 2.66. The Labute approximate surface area is 157 Å². The molecule has 0 bridgehead atoms. The van der Waals surface area contributed by atoms with Gasteiger partial charge >= 0.3 is 0 Å². The van der Waals surface area contributed by atoms with E-state index in [1.165, 1.54) is 51.4 Å². The third kappa shape index (κ3) is 3.89. The van der Waals surface area contributed by atoms with E-state index in [2.05, 4.69) is 12.7 Å². The summed E-state index contributed by atoms with van der Waals surface area (Å²) in [6, 6.07) is 4.09. The fourth-order valence-corrected chi connectivity index (χ4v) is 6.32. The highest BCUT2D eigenvalue weighted by Crippen LogP contribution is 2.50. The van der Waals surface area contributed by atoms with E-state index in [0.29, 0.717) is 5.92 Å². The van der Waals surface area contributed by atoms with Crippen molar-refractivity contribution in [3.63, 3.8) is 0 Å². The first-order chi connectivity index (χ1) is 12.6. The molecule has 0 heterocycles. The first-order valence-corrected chi connectivity index (χ1v) is 10.7. The Morgan fingerprint density at radius 1 is 0.692 bits per heavy atom. The summed E-state index contributed by atoms with van der Waals surface area (Å²) >= 11 is 0. The summed E-state index contributed by atoms with van der Waals surface area (Å²) in [7, 11) is 0. The Balaban J connectivity index is 1.35. The van der Waals surface area contributed by atoms with E-state index in [1.807, 2.05) is 0 Å². The fraction of sp³-hybridized carbons (Fsp3) is 0.667. The summed E-state index contributed by atoms with van der Waals surface area (Å²) in [5.41, 5.74) is 0.880. The molecule has 2 heteroatoms. The van der Waals surface area contributed by atoms with Crippen molar-refractivity contribution in [2.75, 3.05) is 0 Å². The van der Waals surface area contributed by atoms with Crippen molar-refractivity contribution >= 4 is 0 Å². The smallest absolute Gasteiger partial charge is 0.126 e. The van der Waals surface area contributed by atoms with E-state index in [1.54, 1.807) is 12.1 Å². The van der Waals surface area contributed by atoms with Gasteiger partial charge in [-0.1, -0.05) is 6.08 Å². The molecule has 1 aromatic carbocycles. The maximum atomic E-state index is 13.6. The monoisotopic (exact) mass is 358 g/mol. The van der Waals surface area contributed by atoms with Crippen LogP contribution in [0.4, 0.5) is 8.78 Å². The number of hydrogen-bond donors (Lipinski definition) is 0. The van der Waals surface area contributed by atoms with Crippen LogP contribution in [0.5, 0.6) is 0 Å². The minimum absolute atomic E-state index is 0.348. The third-order valence-corrected chi connectivity index (χ3v) is 7.83. The quantitative estimate of drug-likeness (QED) is 0.499. The van der Waals surface area contributed by atoms with Crippen LogP contribution < -0.4 is 0 Å². The first-order valence-electron chi connectivity index (χ1n) is 10.7. The third-order valence-electron chi connectivity index (χ3n) is 7.83. The second kappa shape index (κ2) is 7.82. The lowest BCUT2D eigenvalue weighted by Crippen LogP contribution is -2.34. The topological polar surface area (TPSA) is 0 Å². The van der Waals surface area contributed by atoms with Crippen molar-refractivity contribution in [2.24, 2.45) is 29.6 Å². The zero-order valence-electron chi connectivity index (χ0n) is 15.8. The average molecular weight is 359 g/mol. The molecule has 3 aliphatic carbocycles. The molecule has 3 saturated carbocycles. The van der Waals surface area contributed by atoms with Gasteiger partial charge in [0.2, 0.25) is 0 Å². The second-order valence-corrected chi connectivity index (χ2v) is 9.22. The van der Waals surface area contributed by atoms with Gasteiger partial charge in [0.25, 0.3) is 0 Å². The molecule has 0 amide bonds. The molecular weight excluding hydrogens is 326 g/mol. The van der Waals surface area contributed by atoms with Gasteiger partial charge in [-0.05, 0) is 117 Å². The number of rotatable bonds is 3. The summed E-state index contributed by atoms with van der Waals surface area (Å²) < 4.78 is 27.2. The van der Waals surface area contributed by atoms with E-state index in [9.17, 15) is 8.78 Å². The van der Waals surface area contributed by atoms with Gasteiger partial charge < -0.3 is 0 Å². The summed E-state index contributed by atoms with van der Waals surface area (Å²) in [5, 5.41) is 0. The number of hydrogen-bond acceptors (Lipinski definition) is 0. The van der Waals surface area contributed by atoms with E-state index < -0.39 is 11.6 Å². The van der Waals surface area contributed by atoms with Gasteiger partial charge in [-0.25, -0.2) is 8.78 Å². The van der Waals surface area contributed by atoms with Crippen molar-refractivity contribution < 1.29 is 8.78 Å². The fourth-order valence-electron chi connectivity index (χ4n) is 6.32. The number of fused-ring (bicyclic) bond motifs is 1. The molecule has 142 valence electrons. The highest BCUT2D eigenvalue weighted by Gasteiger charge is 2.39. The summed E-state index contributed by atoms with van der Waals surface area (Å²) in [6.45, 7) is 3.97. The first kappa shape index (κ1) is 18.2. The lowest BCUT2D eigenvalue weighted by atomic mass is 9.60. The number of allylic oxidation sites excluding steroid dienone is 1. The van der Waals surface area contributed by atoms with E-state index >= 15 is 0 Å². The van der Waals surface area contributed by atoms with Crippen molar-refractivity contribution in [3.8, 4) is 0 Å². The molecule has 1 aromatic rings. The molecule has 0 radical (unpaired) electrons. The van der Waals surface area contributed by atoms with Crippen LogP contribution in [-0.2, 0) is 0 Å². The van der Waals surface area contributed by atoms with Crippen LogP contribution in [0.3, 0.4) is 0 Å². The lowest BCUT2D eigenvalue weighted by molar-refractivity contribution is 0.0747. The van der Waals surface area contributed by atoms with Crippen LogP contribution in [-0.4, -0.2) is 0 Å². The predicted octanol–water partition coefficient (Wildman–Crippen LogP) is 7.26. The van der Waals surface area contributed by atoms with Crippen molar-refractivity contribution in [3.05, 3.63) is 48.1 Å². The normalized spacial score (nSPS) is 37.8. The lowest BCUT2D eigenvalue weighted by Gasteiger charge is -2.45. The Bertz CT molecular complexity index is 609. The minimum Gasteiger partial charge on any atom is -0.207 e. The predicted molar refractivity (Wildman–Crippen MR) is 103 cm³/mol. The molecule has 1 unspecified atom stereocenters. The number of halogens is 2. The Morgan fingerprint density at radius 2 is 1.23 bits per heavy atom. The van der Waals surface area contributed by atoms with Gasteiger partial charge in [-0.3, -0.25) is 0 Å². The molecule has 0 N–H and O–H groups in total. The van der Waals surface area contributed by atoms with E-state index in [-0.39, 0.29) is 0 Å². The van der Waals surface area contributed by atoms with Crippen LogP contribution in [0.25, 0.3) is 0 Å². The SMILES string of the molecule is C=CC1CCC([C@@H]2CC[C@@H]3CC(c4cc(F)cc(F)c4)CC[C@@H]3C2)CC1. The van der Waals surface area contributed by atoms with E-state index in [4.69, 9.17) is 0 Å². The largest absolute Gasteiger partial charge is 0.207 e.